The molecule has 0 bridgehead atoms. The van der Waals surface area contributed by atoms with E-state index in [-0.39, 0.29) is 0 Å². The van der Waals surface area contributed by atoms with Gasteiger partial charge in [0.2, 0.25) is 6.41 Å². The summed E-state index contributed by atoms with van der Waals surface area (Å²) < 4.78 is 0. The second kappa shape index (κ2) is 4.49. The van der Waals surface area contributed by atoms with Gasteiger partial charge in [0.05, 0.1) is 11.4 Å². The molecule has 0 unspecified atom stereocenters. The highest BCUT2D eigenvalue weighted by Crippen LogP contribution is 1.79. The smallest absolute Gasteiger partial charge is 0.227 e. The number of hydrogen-bond donors (Lipinski definition) is 2. The summed E-state index contributed by atoms with van der Waals surface area (Å²) in [6.07, 6.45) is 0.439. The summed E-state index contributed by atoms with van der Waals surface area (Å²) in [4.78, 5) is 9.70. The van der Waals surface area contributed by atoms with Crippen LogP contribution in [0.4, 0.5) is 0 Å². The summed E-state index contributed by atoms with van der Waals surface area (Å²) in [5.74, 6) is 0. The topological polar surface area (TPSA) is 74.1 Å². The van der Waals surface area contributed by atoms with Gasteiger partial charge in [0.1, 0.15) is 0 Å². The van der Waals surface area contributed by atoms with Crippen molar-refractivity contribution in [3.05, 3.63) is 0 Å². The Balaban J connectivity index is 4.05. The van der Waals surface area contributed by atoms with Gasteiger partial charge in [-0.1, -0.05) is 5.16 Å². The van der Waals surface area contributed by atoms with E-state index in [2.05, 4.69) is 15.7 Å². The third kappa shape index (κ3) is 2.81. The first kappa shape index (κ1) is 8.61. The lowest BCUT2D eigenvalue weighted by molar-refractivity contribution is -0.109. The predicted molar refractivity (Wildman–Crippen MR) is 37.2 cm³/mol. The summed E-state index contributed by atoms with van der Waals surface area (Å²) >= 11 is 0. The van der Waals surface area contributed by atoms with E-state index in [1.54, 1.807) is 13.8 Å². The lowest BCUT2D eigenvalue weighted by atomic mass is 10.3. The second-order valence-electron chi connectivity index (χ2n) is 1.63. The molecule has 0 rings (SSSR count). The Morgan fingerprint density at radius 3 is 2.50 bits per heavy atom. The summed E-state index contributed by atoms with van der Waals surface area (Å²) in [5.41, 5.74) is 2.92. The molecule has 56 valence electrons. The lowest BCUT2D eigenvalue weighted by Crippen LogP contribution is -2.12. The van der Waals surface area contributed by atoms with E-state index in [9.17, 15) is 4.79 Å². The van der Waals surface area contributed by atoms with Gasteiger partial charge in [-0.05, 0) is 13.8 Å². The highest BCUT2D eigenvalue weighted by atomic mass is 16.4. The van der Waals surface area contributed by atoms with Crippen molar-refractivity contribution in [1.82, 2.24) is 5.43 Å². The van der Waals surface area contributed by atoms with Crippen LogP contribution in [0.5, 0.6) is 0 Å². The van der Waals surface area contributed by atoms with Gasteiger partial charge in [-0.2, -0.15) is 5.10 Å². The van der Waals surface area contributed by atoms with Crippen molar-refractivity contribution in [1.29, 1.82) is 0 Å². The van der Waals surface area contributed by atoms with Gasteiger partial charge in [-0.15, -0.1) is 0 Å². The highest BCUT2D eigenvalue weighted by molar-refractivity contribution is 6.40. The number of carbonyl (C=O) groups is 1. The van der Waals surface area contributed by atoms with Gasteiger partial charge in [0.15, 0.2) is 0 Å². The van der Waals surface area contributed by atoms with Gasteiger partial charge in [0.25, 0.3) is 0 Å². The molecule has 5 nitrogen and oxygen atoms in total. The molecule has 0 aromatic rings. The minimum Gasteiger partial charge on any atom is -0.411 e. The number of hydrogen-bond acceptors (Lipinski definition) is 4. The van der Waals surface area contributed by atoms with Gasteiger partial charge in [-0.25, -0.2) is 5.43 Å². The van der Waals surface area contributed by atoms with Crippen LogP contribution in [0.2, 0.25) is 0 Å². The first-order valence-electron chi connectivity index (χ1n) is 2.65. The molecule has 10 heavy (non-hydrogen) atoms. The van der Waals surface area contributed by atoms with E-state index < -0.39 is 0 Å². The molecule has 0 aliphatic rings. The van der Waals surface area contributed by atoms with Crippen molar-refractivity contribution in [3.63, 3.8) is 0 Å². The highest BCUT2D eigenvalue weighted by Gasteiger charge is 1.94. The summed E-state index contributed by atoms with van der Waals surface area (Å²) in [5, 5.41) is 14.6. The van der Waals surface area contributed by atoms with Gasteiger partial charge in [-0.3, -0.25) is 4.79 Å². The predicted octanol–water partition coefficient (Wildman–Crippen LogP) is -0.0416. The van der Waals surface area contributed by atoms with Crippen LogP contribution in [0.15, 0.2) is 10.3 Å². The average Bonchev–Trinajstić information content (AvgIpc) is 1.98. The molecule has 2 N–H and O–H groups in total. The quantitative estimate of drug-likeness (QED) is 0.252. The van der Waals surface area contributed by atoms with Crippen molar-refractivity contribution in [3.8, 4) is 0 Å². The average molecular weight is 143 g/mol. The normalized spacial score (nSPS) is 13.0. The van der Waals surface area contributed by atoms with Crippen LogP contribution in [-0.4, -0.2) is 23.0 Å². The zero-order valence-electron chi connectivity index (χ0n) is 5.83. The van der Waals surface area contributed by atoms with Crippen LogP contribution in [0.3, 0.4) is 0 Å². The SMILES string of the molecule is CC(=N\O)/C(C)=N/NC=O. The molecule has 1 amide bonds. The van der Waals surface area contributed by atoms with Crippen molar-refractivity contribution in [2.24, 2.45) is 10.3 Å². The molecule has 0 spiro atoms. The number of nitrogens with zero attached hydrogens (tertiary/aromatic N) is 2. The van der Waals surface area contributed by atoms with Gasteiger partial charge < -0.3 is 5.21 Å². The Morgan fingerprint density at radius 2 is 2.10 bits per heavy atom. The fourth-order valence-corrected chi connectivity index (χ4v) is 0.276. The molecular formula is C5H9N3O2. The minimum absolute atomic E-state index is 0.370. The lowest BCUT2D eigenvalue weighted by Gasteiger charge is -1.93. The molecule has 0 heterocycles. The van der Waals surface area contributed by atoms with E-state index in [0.29, 0.717) is 17.8 Å². The molecule has 0 aromatic carbocycles. The molecular weight excluding hydrogens is 134 g/mol. The zero-order chi connectivity index (χ0) is 7.98. The molecule has 0 aliphatic heterocycles. The van der Waals surface area contributed by atoms with Crippen LogP contribution in [0, 0.1) is 0 Å². The Labute approximate surface area is 58.4 Å². The third-order valence-corrected chi connectivity index (χ3v) is 0.959. The summed E-state index contributed by atoms with van der Waals surface area (Å²) in [6, 6.07) is 0. The van der Waals surface area contributed by atoms with Crippen molar-refractivity contribution in [2.75, 3.05) is 0 Å². The van der Waals surface area contributed by atoms with Gasteiger partial charge >= 0.3 is 0 Å². The first-order valence-corrected chi connectivity index (χ1v) is 2.65. The number of carbonyl (C=O) groups excluding carboxylic acids is 1. The van der Waals surface area contributed by atoms with Gasteiger partial charge in [0, 0.05) is 0 Å². The third-order valence-electron chi connectivity index (χ3n) is 0.959. The number of hydrazone groups is 1. The minimum atomic E-state index is 0.370. The maximum atomic E-state index is 9.70. The number of rotatable bonds is 3. The van der Waals surface area contributed by atoms with Crippen LogP contribution in [0.25, 0.3) is 0 Å². The van der Waals surface area contributed by atoms with E-state index in [1.165, 1.54) is 0 Å². The number of oxime groups is 1. The molecule has 0 saturated carbocycles. The maximum Gasteiger partial charge on any atom is 0.227 e. The largest absolute Gasteiger partial charge is 0.411 e. The zero-order valence-corrected chi connectivity index (χ0v) is 5.83. The Kier molecular flexibility index (Phi) is 3.86. The second-order valence-corrected chi connectivity index (χ2v) is 1.63. The monoisotopic (exact) mass is 143 g/mol. The fraction of sp³-hybridized carbons (Fsp3) is 0.400. The molecule has 5 heteroatoms. The number of amides is 1. The molecule has 0 radical (unpaired) electrons. The number of nitrogens with one attached hydrogen (secondary N) is 1. The molecule has 0 aliphatic carbocycles. The first-order chi connectivity index (χ1) is 4.72. The van der Waals surface area contributed by atoms with Crippen LogP contribution in [0.1, 0.15) is 13.8 Å². The van der Waals surface area contributed by atoms with Crippen LogP contribution < -0.4 is 5.43 Å². The molecule has 0 aromatic heterocycles. The summed E-state index contributed by atoms with van der Waals surface area (Å²) in [7, 11) is 0. The Bertz CT molecular complexity index is 174. The van der Waals surface area contributed by atoms with Crippen LogP contribution in [-0.2, 0) is 4.79 Å². The van der Waals surface area contributed by atoms with Crippen molar-refractivity contribution < 1.29 is 10.0 Å². The van der Waals surface area contributed by atoms with Crippen molar-refractivity contribution >= 4 is 17.8 Å². The molecule has 0 saturated heterocycles. The Morgan fingerprint density at radius 1 is 1.50 bits per heavy atom. The van der Waals surface area contributed by atoms with E-state index in [4.69, 9.17) is 5.21 Å². The van der Waals surface area contributed by atoms with Crippen LogP contribution >= 0.6 is 0 Å². The maximum absolute atomic E-state index is 9.70. The molecule has 0 fully saturated rings. The fourth-order valence-electron chi connectivity index (χ4n) is 0.276. The Hall–Kier alpha value is -1.39. The molecule has 0 atom stereocenters. The van der Waals surface area contributed by atoms with E-state index in [0.717, 1.165) is 0 Å². The van der Waals surface area contributed by atoms with Crippen molar-refractivity contribution in [2.45, 2.75) is 13.8 Å². The standard InChI is InChI=1S/C5H9N3O2/c1-4(5(2)8-10)7-6-3-9/h3,10H,1-2H3,(H,6,9)/b7-4+,8-5+. The van der Waals surface area contributed by atoms with E-state index >= 15 is 0 Å². The summed E-state index contributed by atoms with van der Waals surface area (Å²) in [6.45, 7) is 3.19. The van der Waals surface area contributed by atoms with E-state index in [1.807, 2.05) is 0 Å².